The van der Waals surface area contributed by atoms with Gasteiger partial charge < -0.3 is 25.0 Å². The molecule has 1 aliphatic heterocycles. The maximum absolute atomic E-state index is 11.9. The summed E-state index contributed by atoms with van der Waals surface area (Å²) in [6.45, 7) is 10.4. The number of carbonyl (C=O) groups is 1. The number of guanidine groups is 1. The Hall–Kier alpha value is -2.48. The zero-order chi connectivity index (χ0) is 21.2. The van der Waals surface area contributed by atoms with E-state index in [0.29, 0.717) is 13.1 Å². The molecule has 2 N–H and O–H groups in total. The van der Waals surface area contributed by atoms with Gasteiger partial charge in [-0.3, -0.25) is 14.7 Å². The number of carbonyl (C=O) groups excluding carboxylic acids is 1. The highest BCUT2D eigenvalue weighted by Crippen LogP contribution is 2.19. The van der Waals surface area contributed by atoms with Gasteiger partial charge in [0.05, 0.1) is 20.2 Å². The second-order valence-corrected chi connectivity index (χ2v) is 7.52. The minimum atomic E-state index is -0.0279. The molecule has 1 fully saturated rings. The van der Waals surface area contributed by atoms with Gasteiger partial charge in [-0.2, -0.15) is 0 Å². The molecule has 0 aromatic heterocycles. The molecule has 0 bridgehead atoms. The van der Waals surface area contributed by atoms with Crippen molar-refractivity contribution >= 4 is 11.9 Å². The topological polar surface area (TPSA) is 78.4 Å². The highest BCUT2D eigenvalue weighted by molar-refractivity contribution is 5.80. The number of aliphatic imine (C=N–C) groups is 1. The van der Waals surface area contributed by atoms with Gasteiger partial charge in [0.2, 0.25) is 5.91 Å². The third kappa shape index (κ3) is 7.81. The van der Waals surface area contributed by atoms with Gasteiger partial charge in [0, 0.05) is 45.3 Å². The number of piperazine rings is 1. The van der Waals surface area contributed by atoms with Crippen LogP contribution in [0.15, 0.2) is 29.3 Å². The Balaban J connectivity index is 1.75. The van der Waals surface area contributed by atoms with Crippen molar-refractivity contribution in [2.45, 2.75) is 32.9 Å². The molecule has 0 spiro atoms. The van der Waals surface area contributed by atoms with E-state index in [-0.39, 0.29) is 18.1 Å². The minimum absolute atomic E-state index is 0.0279. The van der Waals surface area contributed by atoms with E-state index in [1.54, 1.807) is 14.2 Å². The van der Waals surface area contributed by atoms with Crippen molar-refractivity contribution in [1.82, 2.24) is 20.4 Å². The average molecular weight is 406 g/mol. The Morgan fingerprint density at radius 3 is 2.48 bits per heavy atom. The van der Waals surface area contributed by atoms with Crippen molar-refractivity contribution in [1.29, 1.82) is 0 Å². The van der Waals surface area contributed by atoms with Crippen molar-refractivity contribution in [3.8, 4) is 11.5 Å². The molecule has 8 heteroatoms. The highest BCUT2D eigenvalue weighted by atomic mass is 16.5. The molecule has 2 rings (SSSR count). The smallest absolute Gasteiger partial charge is 0.234 e. The van der Waals surface area contributed by atoms with E-state index in [4.69, 9.17) is 9.47 Å². The minimum Gasteiger partial charge on any atom is -0.497 e. The van der Waals surface area contributed by atoms with E-state index in [0.717, 1.165) is 43.6 Å². The van der Waals surface area contributed by atoms with E-state index in [1.165, 1.54) is 0 Å². The van der Waals surface area contributed by atoms with Crippen LogP contribution in [0.3, 0.4) is 0 Å². The van der Waals surface area contributed by atoms with Crippen LogP contribution in [-0.4, -0.2) is 87.2 Å². The molecular weight excluding hydrogens is 370 g/mol. The first-order valence-corrected chi connectivity index (χ1v) is 10.2. The summed E-state index contributed by atoms with van der Waals surface area (Å²) < 4.78 is 11.2. The van der Waals surface area contributed by atoms with Gasteiger partial charge >= 0.3 is 0 Å². The summed E-state index contributed by atoms with van der Waals surface area (Å²) in [5, 5.41) is 6.33. The fourth-order valence-corrected chi connectivity index (χ4v) is 3.20. The molecule has 0 radical (unpaired) electrons. The van der Waals surface area contributed by atoms with Gasteiger partial charge in [0.1, 0.15) is 17.6 Å². The first-order chi connectivity index (χ1) is 13.9. The number of hydrogen-bond donors (Lipinski definition) is 2. The van der Waals surface area contributed by atoms with Crippen LogP contribution < -0.4 is 20.1 Å². The van der Waals surface area contributed by atoms with Gasteiger partial charge in [0.15, 0.2) is 5.96 Å². The van der Waals surface area contributed by atoms with Gasteiger partial charge in [-0.25, -0.2) is 0 Å². The molecule has 1 atom stereocenters. The molecule has 29 heavy (non-hydrogen) atoms. The second-order valence-electron chi connectivity index (χ2n) is 7.52. The average Bonchev–Trinajstić information content (AvgIpc) is 2.69. The lowest BCUT2D eigenvalue weighted by Crippen LogP contribution is -2.55. The summed E-state index contributed by atoms with van der Waals surface area (Å²) in [6.07, 6.45) is -0.0279. The van der Waals surface area contributed by atoms with Crippen LogP contribution in [0.5, 0.6) is 11.5 Å². The number of rotatable bonds is 8. The molecule has 1 aliphatic rings. The fraction of sp³-hybridized carbons (Fsp3) is 0.619. The van der Waals surface area contributed by atoms with Crippen molar-refractivity contribution in [2.75, 3.05) is 53.4 Å². The van der Waals surface area contributed by atoms with E-state index >= 15 is 0 Å². The molecule has 0 saturated carbocycles. The molecular formula is C21H35N5O3. The summed E-state index contributed by atoms with van der Waals surface area (Å²) in [5.41, 5.74) is 0. The van der Waals surface area contributed by atoms with Crippen LogP contribution in [0.2, 0.25) is 0 Å². The first-order valence-electron chi connectivity index (χ1n) is 10.2. The molecule has 1 heterocycles. The third-order valence-electron chi connectivity index (χ3n) is 4.63. The molecule has 0 aliphatic carbocycles. The monoisotopic (exact) mass is 405 g/mol. The molecule has 1 aromatic carbocycles. The lowest BCUT2D eigenvalue weighted by Gasteiger charge is -2.36. The largest absolute Gasteiger partial charge is 0.497 e. The number of hydrogen-bond acceptors (Lipinski definition) is 5. The number of nitrogens with one attached hydrogen (secondary N) is 2. The first kappa shape index (κ1) is 22.8. The number of nitrogens with zero attached hydrogens (tertiary/aromatic N) is 3. The Labute approximate surface area is 174 Å². The second kappa shape index (κ2) is 11.5. The van der Waals surface area contributed by atoms with Crippen molar-refractivity contribution in [3.63, 3.8) is 0 Å². The van der Waals surface area contributed by atoms with Crippen LogP contribution in [0, 0.1) is 0 Å². The van der Waals surface area contributed by atoms with Crippen LogP contribution in [0.1, 0.15) is 20.8 Å². The van der Waals surface area contributed by atoms with E-state index in [1.807, 2.05) is 45.0 Å². The van der Waals surface area contributed by atoms with Crippen LogP contribution in [0.4, 0.5) is 0 Å². The highest BCUT2D eigenvalue weighted by Gasteiger charge is 2.21. The van der Waals surface area contributed by atoms with Crippen molar-refractivity contribution in [2.24, 2.45) is 4.99 Å². The van der Waals surface area contributed by atoms with Gasteiger partial charge in [-0.15, -0.1) is 0 Å². The Morgan fingerprint density at radius 2 is 1.86 bits per heavy atom. The number of methoxy groups -OCH3 is 1. The van der Waals surface area contributed by atoms with Crippen LogP contribution in [-0.2, 0) is 4.79 Å². The van der Waals surface area contributed by atoms with Crippen LogP contribution >= 0.6 is 0 Å². The number of benzene rings is 1. The Kier molecular flexibility index (Phi) is 9.05. The molecule has 162 valence electrons. The summed E-state index contributed by atoms with van der Waals surface area (Å²) in [7, 11) is 3.43. The lowest BCUT2D eigenvalue weighted by atomic mass is 10.3. The van der Waals surface area contributed by atoms with Gasteiger partial charge in [-0.1, -0.05) is 6.07 Å². The van der Waals surface area contributed by atoms with E-state index < -0.39 is 0 Å². The van der Waals surface area contributed by atoms with Crippen molar-refractivity contribution < 1.29 is 14.3 Å². The zero-order valence-corrected chi connectivity index (χ0v) is 18.3. The number of ether oxygens (including phenoxy) is 2. The van der Waals surface area contributed by atoms with Gasteiger partial charge in [0.25, 0.3) is 0 Å². The quantitative estimate of drug-likeness (QED) is 0.500. The molecule has 8 nitrogen and oxygen atoms in total. The summed E-state index contributed by atoms with van der Waals surface area (Å²) >= 11 is 0. The zero-order valence-electron chi connectivity index (χ0n) is 18.3. The van der Waals surface area contributed by atoms with Gasteiger partial charge in [-0.05, 0) is 32.9 Å². The standard InChI is InChI=1S/C21H35N5O3/c1-16(2)24-20(27)15-25-9-11-26(12-10-25)21(22-4)23-14-17(3)29-19-8-6-7-18(13-19)28-5/h6-8,13,16-17H,9-12,14-15H2,1-5H3,(H,22,23)(H,24,27). The van der Waals surface area contributed by atoms with Crippen LogP contribution in [0.25, 0.3) is 0 Å². The Morgan fingerprint density at radius 1 is 1.17 bits per heavy atom. The van der Waals surface area contributed by atoms with Crippen molar-refractivity contribution in [3.05, 3.63) is 24.3 Å². The molecule has 1 aromatic rings. The molecule has 1 saturated heterocycles. The number of amides is 1. The summed E-state index contributed by atoms with van der Waals surface area (Å²) in [5.74, 6) is 2.50. The van der Waals surface area contributed by atoms with E-state index in [9.17, 15) is 4.79 Å². The third-order valence-corrected chi connectivity index (χ3v) is 4.63. The summed E-state index contributed by atoms with van der Waals surface area (Å²) in [4.78, 5) is 20.7. The maximum Gasteiger partial charge on any atom is 0.234 e. The summed E-state index contributed by atoms with van der Waals surface area (Å²) in [6, 6.07) is 7.77. The maximum atomic E-state index is 11.9. The predicted octanol–water partition coefficient (Wildman–Crippen LogP) is 1.18. The fourth-order valence-electron chi connectivity index (χ4n) is 3.20. The molecule has 1 amide bonds. The SMILES string of the molecule is CN=C(NCC(C)Oc1cccc(OC)c1)N1CCN(CC(=O)NC(C)C)CC1. The lowest BCUT2D eigenvalue weighted by molar-refractivity contribution is -0.123. The normalized spacial score (nSPS) is 16.5. The Bertz CT molecular complexity index is 672. The van der Waals surface area contributed by atoms with E-state index in [2.05, 4.69) is 25.4 Å². The molecule has 1 unspecified atom stereocenters. The predicted molar refractivity (Wildman–Crippen MR) is 116 cm³/mol.